The summed E-state index contributed by atoms with van der Waals surface area (Å²) in [4.78, 5) is 20.9. The fourth-order valence-electron chi connectivity index (χ4n) is 4.57. The van der Waals surface area contributed by atoms with Crippen LogP contribution in [-0.2, 0) is 12.7 Å². The highest BCUT2D eigenvalue weighted by molar-refractivity contribution is 7.99. The highest BCUT2D eigenvalue weighted by Gasteiger charge is 2.32. The van der Waals surface area contributed by atoms with Crippen molar-refractivity contribution in [2.24, 2.45) is 0 Å². The Bertz CT molecular complexity index is 1110. The minimum Gasteiger partial charge on any atom is -0.372 e. The topological polar surface area (TPSA) is 59.9 Å². The zero-order valence-corrected chi connectivity index (χ0v) is 28.8. The van der Waals surface area contributed by atoms with Crippen LogP contribution in [0.2, 0.25) is 0 Å². The molecule has 0 bridgehead atoms. The van der Waals surface area contributed by atoms with Crippen LogP contribution in [-0.4, -0.2) is 89.1 Å². The zero-order chi connectivity index (χ0) is 33.3. The summed E-state index contributed by atoms with van der Waals surface area (Å²) < 4.78 is 44.8. The minimum atomic E-state index is -4.39. The van der Waals surface area contributed by atoms with E-state index in [1.54, 1.807) is 23.2 Å². The number of carbonyl (C=O) groups excluding carboxylic acids is 1. The van der Waals surface area contributed by atoms with Crippen LogP contribution in [0.1, 0.15) is 72.4 Å². The van der Waals surface area contributed by atoms with Crippen LogP contribution < -0.4 is 9.62 Å². The normalized spacial score (nSPS) is 15.2. The minimum absolute atomic E-state index is 0.186. The van der Waals surface area contributed by atoms with Crippen molar-refractivity contribution in [3.8, 4) is 0 Å². The maximum absolute atomic E-state index is 13.5. The first kappa shape index (κ1) is 39.2. The molecule has 44 heavy (non-hydrogen) atoms. The van der Waals surface area contributed by atoms with Gasteiger partial charge in [0.2, 0.25) is 0 Å². The SMILES string of the molecule is C=C(C)N1CCN(c2cc(C(F)(F)F)ccc2CN2CCN(C(=O)n3ccc(NSC)n3)CC2)CC1.CC.CCC.CCC. The van der Waals surface area contributed by atoms with Crippen molar-refractivity contribution in [1.29, 1.82) is 0 Å². The van der Waals surface area contributed by atoms with E-state index in [1.807, 2.05) is 31.9 Å². The fourth-order valence-corrected chi connectivity index (χ4v) is 4.89. The number of carbonyl (C=O) groups is 1. The number of hydrogen-bond donors (Lipinski definition) is 1. The lowest BCUT2D eigenvalue weighted by molar-refractivity contribution is -0.137. The molecule has 2 fully saturated rings. The summed E-state index contributed by atoms with van der Waals surface area (Å²) in [6, 6.07) is 5.61. The summed E-state index contributed by atoms with van der Waals surface area (Å²) in [5.41, 5.74) is 1.84. The van der Waals surface area contributed by atoms with Crippen molar-refractivity contribution in [2.45, 2.75) is 74.0 Å². The molecule has 250 valence electrons. The van der Waals surface area contributed by atoms with Crippen molar-refractivity contribution >= 4 is 29.5 Å². The van der Waals surface area contributed by atoms with Gasteiger partial charge in [-0.2, -0.15) is 17.9 Å². The van der Waals surface area contributed by atoms with E-state index in [9.17, 15) is 18.0 Å². The van der Waals surface area contributed by atoms with Crippen LogP contribution in [0.25, 0.3) is 0 Å². The second-order valence-corrected chi connectivity index (χ2v) is 11.1. The van der Waals surface area contributed by atoms with Crippen molar-refractivity contribution in [3.05, 3.63) is 53.9 Å². The molecule has 0 saturated carbocycles. The number of nitrogens with one attached hydrogen (secondary N) is 1. The number of hydrogen-bond acceptors (Lipinski definition) is 7. The highest BCUT2D eigenvalue weighted by Crippen LogP contribution is 2.34. The first-order valence-electron chi connectivity index (χ1n) is 15.7. The lowest BCUT2D eigenvalue weighted by Gasteiger charge is -2.39. The van der Waals surface area contributed by atoms with E-state index in [2.05, 4.69) is 53.9 Å². The van der Waals surface area contributed by atoms with E-state index < -0.39 is 11.7 Å². The number of halogens is 3. The van der Waals surface area contributed by atoms with E-state index in [4.69, 9.17) is 0 Å². The number of alkyl halides is 3. The van der Waals surface area contributed by atoms with Crippen molar-refractivity contribution in [1.82, 2.24) is 24.5 Å². The van der Waals surface area contributed by atoms with Gasteiger partial charge < -0.3 is 19.4 Å². The van der Waals surface area contributed by atoms with Gasteiger partial charge in [-0.15, -0.1) is 5.10 Å². The van der Waals surface area contributed by atoms with Crippen molar-refractivity contribution in [3.63, 3.8) is 0 Å². The van der Waals surface area contributed by atoms with Crippen molar-refractivity contribution < 1.29 is 18.0 Å². The second-order valence-electron chi connectivity index (χ2n) is 10.5. The number of amides is 1. The van der Waals surface area contributed by atoms with Crippen LogP contribution in [0.5, 0.6) is 0 Å². The number of rotatable bonds is 6. The predicted molar refractivity (Wildman–Crippen MR) is 180 cm³/mol. The Morgan fingerprint density at radius 3 is 1.98 bits per heavy atom. The van der Waals surface area contributed by atoms with E-state index in [-0.39, 0.29) is 6.03 Å². The monoisotopic (exact) mass is 641 g/mol. The summed E-state index contributed by atoms with van der Waals surface area (Å²) in [5, 5.41) is 4.24. The average molecular weight is 642 g/mol. The molecule has 8 nitrogen and oxygen atoms in total. The summed E-state index contributed by atoms with van der Waals surface area (Å²) in [6.07, 6.45) is 1.62. The average Bonchev–Trinajstić information content (AvgIpc) is 3.48. The Balaban J connectivity index is 0.00000110. The lowest BCUT2D eigenvalue weighted by Crippen LogP contribution is -2.50. The number of aromatic nitrogens is 2. The first-order chi connectivity index (χ1) is 21.0. The number of nitrogens with zero attached hydrogens (tertiary/aromatic N) is 6. The summed E-state index contributed by atoms with van der Waals surface area (Å²) in [5.74, 6) is 0.619. The predicted octanol–water partition coefficient (Wildman–Crippen LogP) is 7.89. The Kier molecular flexibility index (Phi) is 18.0. The van der Waals surface area contributed by atoms with Gasteiger partial charge in [-0.1, -0.05) is 79.0 Å². The van der Waals surface area contributed by atoms with Crippen LogP contribution in [0.15, 0.2) is 42.7 Å². The molecular formula is C32H54F3N7OS. The maximum Gasteiger partial charge on any atom is 0.416 e. The molecule has 3 heterocycles. The second kappa shape index (κ2) is 20.2. The van der Waals surface area contributed by atoms with E-state index in [1.165, 1.54) is 41.6 Å². The van der Waals surface area contributed by atoms with Gasteiger partial charge in [-0.25, -0.2) is 4.79 Å². The molecule has 4 rings (SSSR count). The molecule has 1 amide bonds. The van der Waals surface area contributed by atoms with Gasteiger partial charge in [0.1, 0.15) is 0 Å². The largest absolute Gasteiger partial charge is 0.416 e. The molecule has 0 atom stereocenters. The molecule has 2 aromatic rings. The van der Waals surface area contributed by atoms with Gasteiger partial charge in [-0.3, -0.25) is 4.90 Å². The van der Waals surface area contributed by atoms with Gasteiger partial charge in [0.05, 0.1) is 5.56 Å². The van der Waals surface area contributed by atoms with Crippen LogP contribution >= 0.6 is 11.9 Å². The number of benzene rings is 1. The molecular weight excluding hydrogens is 587 g/mol. The molecule has 12 heteroatoms. The summed E-state index contributed by atoms with van der Waals surface area (Å²) in [7, 11) is 0. The molecule has 0 aliphatic carbocycles. The highest BCUT2D eigenvalue weighted by atomic mass is 32.2. The molecule has 2 aliphatic heterocycles. The third kappa shape index (κ3) is 12.3. The fraction of sp³-hybridized carbons (Fsp3) is 0.625. The van der Waals surface area contributed by atoms with Crippen molar-refractivity contribution in [2.75, 3.05) is 68.2 Å². The molecule has 0 radical (unpaired) electrons. The molecule has 1 aromatic heterocycles. The molecule has 2 aliphatic rings. The van der Waals surface area contributed by atoms with Gasteiger partial charge in [0, 0.05) is 88.8 Å². The molecule has 0 unspecified atom stereocenters. The third-order valence-corrected chi connectivity index (χ3v) is 7.01. The van der Waals surface area contributed by atoms with Crippen LogP contribution in [0.4, 0.5) is 29.5 Å². The zero-order valence-electron chi connectivity index (χ0n) is 28.0. The molecule has 0 spiro atoms. The van der Waals surface area contributed by atoms with E-state index in [0.29, 0.717) is 57.3 Å². The Morgan fingerprint density at radius 1 is 0.932 bits per heavy atom. The molecule has 1 aromatic carbocycles. The van der Waals surface area contributed by atoms with Gasteiger partial charge in [0.25, 0.3) is 0 Å². The Labute approximate surface area is 267 Å². The van der Waals surface area contributed by atoms with Crippen LogP contribution in [0.3, 0.4) is 0 Å². The summed E-state index contributed by atoms with van der Waals surface area (Å²) in [6.45, 7) is 24.0. The third-order valence-electron chi connectivity index (χ3n) is 6.60. The number of piperazine rings is 2. The van der Waals surface area contributed by atoms with Gasteiger partial charge in [0.15, 0.2) is 5.82 Å². The Morgan fingerprint density at radius 2 is 1.48 bits per heavy atom. The molecule has 2 saturated heterocycles. The summed E-state index contributed by atoms with van der Waals surface area (Å²) >= 11 is 1.40. The Hall–Kier alpha value is -2.86. The molecule has 1 N–H and O–H groups in total. The smallest absolute Gasteiger partial charge is 0.372 e. The number of allylic oxidation sites excluding steroid dienone is 1. The standard InChI is InChI=1S/C24H32F3N7OS.2C3H8.C2H6/c1-18(2)31-12-14-32(15-13-31)21-16-20(24(25,26)27)5-4-19(21)17-30-8-10-33(11-9-30)23(35)34-7-6-22(28-34)29-36-3;2*1-3-2;1-2/h4-7,16H,1,8-15,17H2,2-3H3,(H,28,29);2*3H2,1-2H3;1-2H3. The lowest BCUT2D eigenvalue weighted by atomic mass is 10.1. The van der Waals surface area contributed by atoms with Gasteiger partial charge in [-0.05, 0) is 24.6 Å². The first-order valence-corrected chi connectivity index (χ1v) is 16.9. The quantitative estimate of drug-likeness (QED) is 0.322. The maximum atomic E-state index is 13.5. The van der Waals surface area contributed by atoms with Crippen LogP contribution in [0, 0.1) is 0 Å². The number of anilines is 2. The van der Waals surface area contributed by atoms with E-state index in [0.717, 1.165) is 24.4 Å². The van der Waals surface area contributed by atoms with E-state index >= 15 is 0 Å². The van der Waals surface area contributed by atoms with Gasteiger partial charge >= 0.3 is 12.2 Å².